The Labute approximate surface area is 129 Å². The number of carboxylic acid groups (broad SMARTS) is 1. The number of carboxylic acids is 1. The predicted molar refractivity (Wildman–Crippen MR) is 80.7 cm³/mol. The maximum atomic E-state index is 12.4. The zero-order valence-corrected chi connectivity index (χ0v) is 13.1. The van der Waals surface area contributed by atoms with Gasteiger partial charge in [0.2, 0.25) is 5.91 Å². The van der Waals surface area contributed by atoms with Crippen molar-refractivity contribution in [3.63, 3.8) is 0 Å². The number of likely N-dealkylation sites (tertiary alicyclic amines) is 1. The predicted octanol–water partition coefficient (Wildman–Crippen LogP) is 1.52. The SMILES string of the molecule is Cc1cc(N(CCC(=O)O)CC(=O)N2CCC(C)CC2)no1. The molecule has 0 atom stereocenters. The van der Waals surface area contributed by atoms with Crippen LogP contribution in [0.1, 0.15) is 31.9 Å². The van der Waals surface area contributed by atoms with Gasteiger partial charge in [0.15, 0.2) is 5.82 Å². The summed E-state index contributed by atoms with van der Waals surface area (Å²) in [6.45, 7) is 5.86. The second-order valence-corrected chi connectivity index (χ2v) is 5.92. The van der Waals surface area contributed by atoms with Gasteiger partial charge in [0.1, 0.15) is 5.76 Å². The van der Waals surface area contributed by atoms with E-state index in [4.69, 9.17) is 9.63 Å². The number of hydrogen-bond acceptors (Lipinski definition) is 5. The summed E-state index contributed by atoms with van der Waals surface area (Å²) in [5, 5.41) is 12.8. The summed E-state index contributed by atoms with van der Waals surface area (Å²) in [6.07, 6.45) is 1.99. The molecular weight excluding hydrogens is 286 g/mol. The van der Waals surface area contributed by atoms with Crippen molar-refractivity contribution in [3.8, 4) is 0 Å². The Kier molecular flexibility index (Phi) is 5.41. The third kappa shape index (κ3) is 4.47. The standard InChI is InChI=1S/C15H23N3O4/c1-11-3-6-17(7-4-11)14(19)10-18(8-5-15(20)21)13-9-12(2)22-16-13/h9,11H,3-8,10H2,1-2H3,(H,20,21). The van der Waals surface area contributed by atoms with Gasteiger partial charge in [-0.05, 0) is 25.7 Å². The van der Waals surface area contributed by atoms with Gasteiger partial charge >= 0.3 is 5.97 Å². The third-order valence-corrected chi connectivity index (χ3v) is 4.00. The third-order valence-electron chi connectivity index (χ3n) is 4.00. The number of carbonyl (C=O) groups is 2. The van der Waals surface area contributed by atoms with Gasteiger partial charge in [-0.2, -0.15) is 0 Å². The van der Waals surface area contributed by atoms with E-state index in [9.17, 15) is 9.59 Å². The molecule has 1 fully saturated rings. The molecule has 1 saturated heterocycles. The van der Waals surface area contributed by atoms with E-state index in [2.05, 4.69) is 12.1 Å². The van der Waals surface area contributed by atoms with Crippen LogP contribution in [0.3, 0.4) is 0 Å². The average molecular weight is 309 g/mol. The normalized spacial score (nSPS) is 15.8. The molecule has 1 N–H and O–H groups in total. The van der Waals surface area contributed by atoms with Gasteiger partial charge in [-0.15, -0.1) is 0 Å². The first-order valence-corrected chi connectivity index (χ1v) is 7.63. The fourth-order valence-corrected chi connectivity index (χ4v) is 2.53. The number of amides is 1. The molecule has 2 heterocycles. The molecule has 122 valence electrons. The number of carbonyl (C=O) groups excluding carboxylic acids is 1. The molecule has 0 radical (unpaired) electrons. The van der Waals surface area contributed by atoms with E-state index in [0.717, 1.165) is 25.9 Å². The molecule has 1 aliphatic rings. The molecule has 0 saturated carbocycles. The molecule has 7 nitrogen and oxygen atoms in total. The highest BCUT2D eigenvalue weighted by Crippen LogP contribution is 2.18. The summed E-state index contributed by atoms with van der Waals surface area (Å²) >= 11 is 0. The second kappa shape index (κ2) is 7.29. The van der Waals surface area contributed by atoms with Gasteiger partial charge in [0.05, 0.1) is 13.0 Å². The summed E-state index contributed by atoms with van der Waals surface area (Å²) in [6, 6.07) is 1.72. The average Bonchev–Trinajstić information content (AvgIpc) is 2.90. The van der Waals surface area contributed by atoms with Crippen molar-refractivity contribution in [3.05, 3.63) is 11.8 Å². The Morgan fingerprint density at radius 2 is 2.14 bits per heavy atom. The molecule has 0 spiro atoms. The molecule has 2 rings (SSSR count). The van der Waals surface area contributed by atoms with Gasteiger partial charge in [-0.3, -0.25) is 9.59 Å². The molecule has 0 unspecified atom stereocenters. The zero-order valence-electron chi connectivity index (χ0n) is 13.1. The van der Waals surface area contributed by atoms with Crippen LogP contribution in [0.4, 0.5) is 5.82 Å². The Balaban J connectivity index is 1.99. The summed E-state index contributed by atoms with van der Waals surface area (Å²) in [5.74, 6) is 0.916. The van der Waals surface area contributed by atoms with Gasteiger partial charge in [0.25, 0.3) is 0 Å². The Morgan fingerprint density at radius 3 is 2.68 bits per heavy atom. The van der Waals surface area contributed by atoms with Crippen molar-refractivity contribution < 1.29 is 19.2 Å². The van der Waals surface area contributed by atoms with E-state index >= 15 is 0 Å². The monoisotopic (exact) mass is 309 g/mol. The number of hydrogen-bond donors (Lipinski definition) is 1. The van der Waals surface area contributed by atoms with Crippen LogP contribution in [0.5, 0.6) is 0 Å². The van der Waals surface area contributed by atoms with E-state index in [1.54, 1.807) is 17.9 Å². The highest BCUT2D eigenvalue weighted by Gasteiger charge is 2.23. The molecule has 0 aliphatic carbocycles. The van der Waals surface area contributed by atoms with E-state index in [0.29, 0.717) is 17.5 Å². The first kappa shape index (κ1) is 16.3. The number of piperidine rings is 1. The number of nitrogens with zero attached hydrogens (tertiary/aromatic N) is 3. The molecule has 0 aromatic carbocycles. The van der Waals surface area contributed by atoms with Crippen LogP contribution >= 0.6 is 0 Å². The quantitative estimate of drug-likeness (QED) is 0.857. The first-order valence-electron chi connectivity index (χ1n) is 7.63. The van der Waals surface area contributed by atoms with Crippen LogP contribution < -0.4 is 4.90 Å². The maximum absolute atomic E-state index is 12.4. The number of anilines is 1. The second-order valence-electron chi connectivity index (χ2n) is 5.92. The lowest BCUT2D eigenvalue weighted by atomic mass is 9.99. The molecule has 1 amide bonds. The van der Waals surface area contributed by atoms with Crippen LogP contribution in [0.25, 0.3) is 0 Å². The lowest BCUT2D eigenvalue weighted by molar-refractivity contribution is -0.137. The number of aryl methyl sites for hydroxylation is 1. The van der Waals surface area contributed by atoms with Gasteiger partial charge in [-0.25, -0.2) is 0 Å². The van der Waals surface area contributed by atoms with E-state index in [-0.39, 0.29) is 25.4 Å². The highest BCUT2D eigenvalue weighted by atomic mass is 16.5. The summed E-state index contributed by atoms with van der Waals surface area (Å²) in [5.41, 5.74) is 0. The van der Waals surface area contributed by atoms with Crippen molar-refractivity contribution in [1.82, 2.24) is 10.1 Å². The summed E-state index contributed by atoms with van der Waals surface area (Å²) in [7, 11) is 0. The van der Waals surface area contributed by atoms with Crippen molar-refractivity contribution in [2.24, 2.45) is 5.92 Å². The summed E-state index contributed by atoms with van der Waals surface area (Å²) in [4.78, 5) is 26.7. The molecule has 0 bridgehead atoms. The minimum absolute atomic E-state index is 0.0120. The molecular formula is C15H23N3O4. The maximum Gasteiger partial charge on any atom is 0.305 e. The molecule has 1 aliphatic heterocycles. The molecule has 7 heteroatoms. The molecule has 1 aromatic heterocycles. The minimum Gasteiger partial charge on any atom is -0.481 e. The smallest absolute Gasteiger partial charge is 0.305 e. The number of rotatable bonds is 6. The molecule has 22 heavy (non-hydrogen) atoms. The Morgan fingerprint density at radius 1 is 1.45 bits per heavy atom. The number of aliphatic carboxylic acids is 1. The fourth-order valence-electron chi connectivity index (χ4n) is 2.53. The Hall–Kier alpha value is -2.05. The van der Waals surface area contributed by atoms with E-state index < -0.39 is 5.97 Å². The largest absolute Gasteiger partial charge is 0.481 e. The molecule has 1 aromatic rings. The summed E-state index contributed by atoms with van der Waals surface area (Å²) < 4.78 is 5.03. The van der Waals surface area contributed by atoms with Crippen LogP contribution in [-0.4, -0.2) is 53.2 Å². The highest BCUT2D eigenvalue weighted by molar-refractivity contribution is 5.81. The first-order chi connectivity index (χ1) is 10.5. The van der Waals surface area contributed by atoms with Gasteiger partial charge < -0.3 is 19.4 Å². The zero-order chi connectivity index (χ0) is 16.1. The van der Waals surface area contributed by atoms with Crippen molar-refractivity contribution in [2.75, 3.05) is 31.1 Å². The number of aromatic nitrogens is 1. The Bertz CT molecular complexity index is 521. The van der Waals surface area contributed by atoms with E-state index in [1.165, 1.54) is 0 Å². The topological polar surface area (TPSA) is 86.9 Å². The van der Waals surface area contributed by atoms with E-state index in [1.807, 2.05) is 4.90 Å². The van der Waals surface area contributed by atoms with Crippen molar-refractivity contribution >= 4 is 17.7 Å². The van der Waals surface area contributed by atoms with Crippen LogP contribution in [0.2, 0.25) is 0 Å². The fraction of sp³-hybridized carbons (Fsp3) is 0.667. The van der Waals surface area contributed by atoms with Crippen molar-refractivity contribution in [2.45, 2.75) is 33.1 Å². The minimum atomic E-state index is -0.899. The lowest BCUT2D eigenvalue weighted by Gasteiger charge is -2.32. The van der Waals surface area contributed by atoms with Crippen LogP contribution in [0.15, 0.2) is 10.6 Å². The van der Waals surface area contributed by atoms with Gasteiger partial charge in [-0.1, -0.05) is 12.1 Å². The van der Waals surface area contributed by atoms with Crippen LogP contribution in [0, 0.1) is 12.8 Å². The van der Waals surface area contributed by atoms with Gasteiger partial charge in [0, 0.05) is 25.7 Å². The van der Waals surface area contributed by atoms with Crippen molar-refractivity contribution in [1.29, 1.82) is 0 Å². The van der Waals surface area contributed by atoms with Crippen LogP contribution in [-0.2, 0) is 9.59 Å². The lowest BCUT2D eigenvalue weighted by Crippen LogP contribution is -2.44.